The number of carbonyl (C=O) groups excluding carboxylic acids is 1. The molecule has 6 nitrogen and oxygen atoms in total. The molecule has 1 fully saturated rings. The summed E-state index contributed by atoms with van der Waals surface area (Å²) in [4.78, 5) is 19.8. The molecule has 2 aliphatic carbocycles. The van der Waals surface area contributed by atoms with Gasteiger partial charge < -0.3 is 15.0 Å². The Morgan fingerprint density at radius 2 is 2.18 bits per heavy atom. The molecule has 1 saturated heterocycles. The number of hydrogen-bond acceptors (Lipinski definition) is 4. The molecule has 172 valence electrons. The minimum atomic E-state index is -0.286. The molecule has 3 heterocycles. The van der Waals surface area contributed by atoms with Crippen LogP contribution < -0.4 is 5.32 Å². The van der Waals surface area contributed by atoms with Crippen molar-refractivity contribution in [2.45, 2.75) is 64.7 Å². The lowest BCUT2D eigenvalue weighted by Gasteiger charge is -2.39. The predicted molar refractivity (Wildman–Crippen MR) is 126 cm³/mol. The van der Waals surface area contributed by atoms with Crippen LogP contribution >= 0.6 is 0 Å². The van der Waals surface area contributed by atoms with Gasteiger partial charge in [-0.25, -0.2) is 4.98 Å². The smallest absolute Gasteiger partial charge is 0.287 e. The maximum Gasteiger partial charge on any atom is 0.287 e. The Morgan fingerprint density at radius 3 is 2.91 bits per heavy atom. The van der Waals surface area contributed by atoms with Gasteiger partial charge in [-0.15, -0.1) is 0 Å². The van der Waals surface area contributed by atoms with Gasteiger partial charge in [-0.05, 0) is 48.5 Å². The average molecular weight is 445 g/mol. The van der Waals surface area contributed by atoms with Crippen LogP contribution in [0.4, 0.5) is 0 Å². The summed E-state index contributed by atoms with van der Waals surface area (Å²) in [6.45, 7) is 6.92. The van der Waals surface area contributed by atoms with E-state index in [-0.39, 0.29) is 41.6 Å². The van der Waals surface area contributed by atoms with Crippen molar-refractivity contribution in [3.8, 4) is 6.07 Å². The molecule has 0 aromatic carbocycles. The first-order valence-corrected chi connectivity index (χ1v) is 12.0. The molecule has 2 N–H and O–H groups in total. The van der Waals surface area contributed by atoms with E-state index < -0.39 is 0 Å². The number of allylic oxidation sites excluding steroid dienone is 3. The molecule has 0 spiro atoms. The van der Waals surface area contributed by atoms with Gasteiger partial charge in [0.25, 0.3) is 5.91 Å². The number of carbonyl (C=O) groups is 1. The molecular formula is C27H32N4O2. The van der Waals surface area contributed by atoms with Crippen molar-refractivity contribution in [1.29, 1.82) is 5.26 Å². The largest absolute Gasteiger partial charge is 0.367 e. The summed E-state index contributed by atoms with van der Waals surface area (Å²) < 4.78 is 6.07. The first-order valence-electron chi connectivity index (χ1n) is 12.0. The highest BCUT2D eigenvalue weighted by Crippen LogP contribution is 2.44. The number of imidazole rings is 1. The lowest BCUT2D eigenvalue weighted by atomic mass is 9.71. The van der Waals surface area contributed by atoms with Gasteiger partial charge in [0, 0.05) is 12.1 Å². The third kappa shape index (κ3) is 4.35. The standard InChI is InChI=1S/C27H32N4O2/c1-16-21(13-20-5-7-24(16)33-20)18-4-6-23(31-26(32)25-29-15-19(14-28)30-25)22(12-18)17-8-10-27(2,3)11-9-17/h4-8,12,15-16,20-24H,9-11,13H2,1-3H3,(H,29,30)(H,31,32)/t16-,20+,21?,22?,23?,24-/m0/s1. The Balaban J connectivity index is 1.40. The number of aromatic nitrogens is 2. The molecule has 0 radical (unpaired) electrons. The number of aromatic amines is 1. The van der Waals surface area contributed by atoms with Crippen LogP contribution in [0.15, 0.2) is 53.8 Å². The van der Waals surface area contributed by atoms with Gasteiger partial charge in [0.15, 0.2) is 11.5 Å². The van der Waals surface area contributed by atoms with E-state index >= 15 is 0 Å². The number of nitrogens with one attached hydrogen (secondary N) is 2. The first kappa shape index (κ1) is 21.9. The zero-order valence-corrected chi connectivity index (χ0v) is 19.5. The highest BCUT2D eigenvalue weighted by Gasteiger charge is 2.40. The van der Waals surface area contributed by atoms with Crippen LogP contribution in [0, 0.1) is 34.5 Å². The van der Waals surface area contributed by atoms with Gasteiger partial charge in [0.05, 0.1) is 18.2 Å². The summed E-state index contributed by atoms with van der Waals surface area (Å²) >= 11 is 0. The van der Waals surface area contributed by atoms with Crippen molar-refractivity contribution < 1.29 is 9.53 Å². The van der Waals surface area contributed by atoms with Crippen LogP contribution in [-0.2, 0) is 4.74 Å². The quantitative estimate of drug-likeness (QED) is 0.664. The number of rotatable bonds is 4. The summed E-state index contributed by atoms with van der Waals surface area (Å²) in [6, 6.07) is 1.82. The average Bonchev–Trinajstić information content (AvgIpc) is 3.44. The maximum absolute atomic E-state index is 12.9. The SMILES string of the molecule is C[C@H]1C(C2=CC(C3=CCC(C)(C)CC3)C(NC(=O)c3nc(C#N)c[nH]3)C=C2)C[C@H]2C=C[C@@H]1O2. The molecule has 3 unspecified atom stereocenters. The van der Waals surface area contributed by atoms with Crippen LogP contribution in [0.5, 0.6) is 0 Å². The monoisotopic (exact) mass is 444 g/mol. The van der Waals surface area contributed by atoms with Crippen molar-refractivity contribution in [2.75, 3.05) is 0 Å². The lowest BCUT2D eigenvalue weighted by Crippen LogP contribution is -2.42. The molecule has 5 rings (SSSR count). The summed E-state index contributed by atoms with van der Waals surface area (Å²) in [5.74, 6) is 0.882. The predicted octanol–water partition coefficient (Wildman–Crippen LogP) is 4.61. The van der Waals surface area contributed by atoms with Crippen LogP contribution in [-0.4, -0.2) is 34.1 Å². The minimum absolute atomic E-state index is 0.121. The normalized spacial score (nSPS) is 34.4. The van der Waals surface area contributed by atoms with E-state index in [1.54, 1.807) is 0 Å². The minimum Gasteiger partial charge on any atom is -0.367 e. The summed E-state index contributed by atoms with van der Waals surface area (Å²) in [5, 5.41) is 12.2. The van der Waals surface area contributed by atoms with Gasteiger partial charge in [-0.2, -0.15) is 5.26 Å². The van der Waals surface area contributed by atoms with E-state index in [9.17, 15) is 4.79 Å². The molecule has 0 saturated carbocycles. The molecule has 4 aliphatic rings. The first-order chi connectivity index (χ1) is 15.8. The summed E-state index contributed by atoms with van der Waals surface area (Å²) in [5.41, 5.74) is 3.29. The summed E-state index contributed by atoms with van der Waals surface area (Å²) in [7, 11) is 0. The molecule has 1 amide bonds. The number of nitriles is 1. The molecule has 33 heavy (non-hydrogen) atoms. The lowest BCUT2D eigenvalue weighted by molar-refractivity contribution is -0.0336. The molecule has 6 atom stereocenters. The second-order valence-electron chi connectivity index (χ2n) is 10.7. The Labute approximate surface area is 195 Å². The van der Waals surface area contributed by atoms with Gasteiger partial charge in [0.1, 0.15) is 6.07 Å². The van der Waals surface area contributed by atoms with Crippen LogP contribution in [0.1, 0.15) is 62.8 Å². The van der Waals surface area contributed by atoms with Gasteiger partial charge in [-0.3, -0.25) is 4.79 Å². The van der Waals surface area contributed by atoms with E-state index in [4.69, 9.17) is 10.00 Å². The third-order valence-corrected chi connectivity index (χ3v) is 7.81. The number of nitrogens with zero attached hydrogens (tertiary/aromatic N) is 2. The number of hydrogen-bond donors (Lipinski definition) is 2. The second-order valence-corrected chi connectivity index (χ2v) is 10.7. The molecular weight excluding hydrogens is 412 g/mol. The molecule has 6 heteroatoms. The zero-order valence-electron chi connectivity index (χ0n) is 19.5. The Hall–Kier alpha value is -2.91. The van der Waals surface area contributed by atoms with Crippen LogP contribution in [0.25, 0.3) is 0 Å². The molecule has 2 bridgehead atoms. The van der Waals surface area contributed by atoms with E-state index in [0.29, 0.717) is 17.3 Å². The highest BCUT2D eigenvalue weighted by molar-refractivity contribution is 5.91. The van der Waals surface area contributed by atoms with Crippen LogP contribution in [0.2, 0.25) is 0 Å². The second kappa shape index (κ2) is 8.46. The molecule has 1 aromatic heterocycles. The third-order valence-electron chi connectivity index (χ3n) is 7.81. The Bertz CT molecular complexity index is 1100. The fourth-order valence-electron chi connectivity index (χ4n) is 5.63. The summed E-state index contributed by atoms with van der Waals surface area (Å²) in [6.07, 6.45) is 19.7. The Morgan fingerprint density at radius 1 is 1.33 bits per heavy atom. The van der Waals surface area contributed by atoms with Crippen molar-refractivity contribution in [3.05, 3.63) is 65.3 Å². The fraction of sp³-hybridized carbons (Fsp3) is 0.519. The van der Waals surface area contributed by atoms with Gasteiger partial charge in [-0.1, -0.05) is 62.8 Å². The Kier molecular flexibility index (Phi) is 5.62. The highest BCUT2D eigenvalue weighted by atomic mass is 16.5. The van der Waals surface area contributed by atoms with Crippen molar-refractivity contribution in [2.24, 2.45) is 23.2 Å². The van der Waals surface area contributed by atoms with Gasteiger partial charge >= 0.3 is 0 Å². The number of fused-ring (bicyclic) bond motifs is 2. The molecule has 2 aliphatic heterocycles. The van der Waals surface area contributed by atoms with Crippen molar-refractivity contribution >= 4 is 5.91 Å². The zero-order chi connectivity index (χ0) is 23.2. The molecule has 1 aromatic rings. The number of ether oxygens (including phenoxy) is 1. The van der Waals surface area contributed by atoms with Crippen molar-refractivity contribution in [1.82, 2.24) is 15.3 Å². The van der Waals surface area contributed by atoms with Gasteiger partial charge in [0.2, 0.25) is 0 Å². The van der Waals surface area contributed by atoms with E-state index in [1.807, 2.05) is 6.07 Å². The number of amides is 1. The number of H-pyrrole nitrogens is 1. The van der Waals surface area contributed by atoms with Crippen molar-refractivity contribution in [3.63, 3.8) is 0 Å². The van der Waals surface area contributed by atoms with E-state index in [1.165, 1.54) is 17.3 Å². The van der Waals surface area contributed by atoms with E-state index in [0.717, 1.165) is 25.7 Å². The maximum atomic E-state index is 12.9. The van der Waals surface area contributed by atoms with Crippen LogP contribution in [0.3, 0.4) is 0 Å². The van der Waals surface area contributed by atoms with E-state index in [2.05, 4.69) is 72.5 Å². The fourth-order valence-corrected chi connectivity index (χ4v) is 5.63. The topological polar surface area (TPSA) is 90.8 Å².